The number of methoxy groups -OCH3 is 1. The third-order valence-corrected chi connectivity index (χ3v) is 5.50. The Kier molecular flexibility index (Phi) is 6.13. The highest BCUT2D eigenvalue weighted by Crippen LogP contribution is 2.24. The summed E-state index contributed by atoms with van der Waals surface area (Å²) in [7, 11) is 0.0612. The number of esters is 1. The number of benzene rings is 1. The van der Waals surface area contributed by atoms with Gasteiger partial charge in [0.2, 0.25) is 0 Å². The van der Waals surface area contributed by atoms with E-state index < -0.39 is 14.0 Å². The molecule has 0 spiro atoms. The van der Waals surface area contributed by atoms with Gasteiger partial charge in [0.15, 0.2) is 0 Å². The van der Waals surface area contributed by atoms with Gasteiger partial charge in [-0.2, -0.15) is 9.89 Å². The number of nitrogens with zero attached hydrogens (tertiary/aromatic N) is 4. The highest BCUT2D eigenvalue weighted by atomic mass is 35.5. The molecule has 0 fully saturated rings. The quantitative estimate of drug-likeness (QED) is 0.184. The van der Waals surface area contributed by atoms with Gasteiger partial charge in [-0.25, -0.2) is 9.48 Å². The largest absolute Gasteiger partial charge is 0.460 e. The number of aromatic nitrogens is 2. The van der Waals surface area contributed by atoms with Crippen molar-refractivity contribution in [2.75, 3.05) is 13.7 Å². The van der Waals surface area contributed by atoms with E-state index in [-0.39, 0.29) is 5.71 Å². The lowest BCUT2D eigenvalue weighted by Gasteiger charge is -2.15. The fraction of sp³-hybridized carbons (Fsp3) is 0.438. The van der Waals surface area contributed by atoms with Gasteiger partial charge in [-0.1, -0.05) is 31.2 Å². The number of carbonyl (C=O) groups is 1. The summed E-state index contributed by atoms with van der Waals surface area (Å²) in [6, 6.07) is 4.30. The van der Waals surface area contributed by atoms with Gasteiger partial charge in [-0.3, -0.25) is 0 Å². The summed E-state index contributed by atoms with van der Waals surface area (Å²) in [5, 5.41) is 5.52. The van der Waals surface area contributed by atoms with Crippen molar-refractivity contribution in [2.45, 2.75) is 32.4 Å². The SMILES string of the molecule is COC(=O)C(=[N+]=[N-])c1cc(Cl)cc2cn(COCC[Si](C)(C)C)nc12. The molecular formula is C16H21ClN4O3Si. The zero-order valence-electron chi connectivity index (χ0n) is 14.7. The minimum absolute atomic E-state index is 0.250. The van der Waals surface area contributed by atoms with Crippen molar-refractivity contribution in [3.05, 3.63) is 34.4 Å². The van der Waals surface area contributed by atoms with Crippen molar-refractivity contribution in [1.29, 1.82) is 0 Å². The Morgan fingerprint density at radius 3 is 2.72 bits per heavy atom. The van der Waals surface area contributed by atoms with E-state index in [1.54, 1.807) is 16.9 Å². The van der Waals surface area contributed by atoms with E-state index in [1.807, 2.05) is 0 Å². The van der Waals surface area contributed by atoms with Crippen molar-refractivity contribution in [3.63, 3.8) is 0 Å². The van der Waals surface area contributed by atoms with Gasteiger partial charge in [0.1, 0.15) is 17.8 Å². The summed E-state index contributed by atoms with van der Waals surface area (Å²) in [5.41, 5.74) is 9.71. The Morgan fingerprint density at radius 1 is 1.40 bits per heavy atom. The Hall–Kier alpha value is -1.99. The normalized spacial score (nSPS) is 11.4. The van der Waals surface area contributed by atoms with Crippen molar-refractivity contribution in [3.8, 4) is 0 Å². The third-order valence-electron chi connectivity index (χ3n) is 3.57. The van der Waals surface area contributed by atoms with E-state index in [9.17, 15) is 10.3 Å². The van der Waals surface area contributed by atoms with Gasteiger partial charge in [0.25, 0.3) is 0 Å². The Bertz CT molecular complexity index is 838. The van der Waals surface area contributed by atoms with E-state index in [2.05, 4.69) is 34.3 Å². The van der Waals surface area contributed by atoms with Crippen molar-refractivity contribution >= 4 is 42.3 Å². The van der Waals surface area contributed by atoms with Crippen molar-refractivity contribution < 1.29 is 19.1 Å². The van der Waals surface area contributed by atoms with Crippen LogP contribution < -0.4 is 0 Å². The molecule has 0 amide bonds. The van der Waals surface area contributed by atoms with Crippen LogP contribution in [0, 0.1) is 0 Å². The Labute approximate surface area is 152 Å². The summed E-state index contributed by atoms with van der Waals surface area (Å²) in [5.74, 6) is -0.771. The topological polar surface area (TPSA) is 89.8 Å². The van der Waals surface area contributed by atoms with Gasteiger partial charge in [-0.05, 0) is 18.2 Å². The molecule has 2 rings (SSSR count). The molecule has 2 aromatic rings. The molecule has 0 unspecified atom stereocenters. The average Bonchev–Trinajstić information content (AvgIpc) is 2.93. The molecule has 25 heavy (non-hydrogen) atoms. The molecule has 0 bridgehead atoms. The van der Waals surface area contributed by atoms with E-state index in [4.69, 9.17) is 16.3 Å². The van der Waals surface area contributed by atoms with Crippen LogP contribution in [-0.2, 0) is 21.0 Å². The molecular weight excluding hydrogens is 360 g/mol. The first-order valence-corrected chi connectivity index (χ1v) is 11.9. The van der Waals surface area contributed by atoms with Gasteiger partial charge in [0, 0.05) is 31.3 Å². The van der Waals surface area contributed by atoms with Crippen LogP contribution in [0.1, 0.15) is 5.56 Å². The zero-order valence-corrected chi connectivity index (χ0v) is 16.5. The number of fused-ring (bicyclic) bond motifs is 1. The minimum atomic E-state index is -1.15. The van der Waals surface area contributed by atoms with Crippen LogP contribution in [0.3, 0.4) is 0 Å². The predicted octanol–water partition coefficient (Wildman–Crippen LogP) is 3.19. The number of halogens is 1. The number of hydrogen-bond acceptors (Lipinski definition) is 4. The Morgan fingerprint density at radius 2 is 2.12 bits per heavy atom. The molecule has 1 aromatic carbocycles. The fourth-order valence-electron chi connectivity index (χ4n) is 2.23. The summed E-state index contributed by atoms with van der Waals surface area (Å²) in [4.78, 5) is 14.8. The highest BCUT2D eigenvalue weighted by Gasteiger charge is 2.28. The van der Waals surface area contributed by atoms with Crippen LogP contribution in [0.4, 0.5) is 0 Å². The molecule has 1 aromatic heterocycles. The van der Waals surface area contributed by atoms with Crippen LogP contribution >= 0.6 is 11.6 Å². The molecule has 0 N–H and O–H groups in total. The van der Waals surface area contributed by atoms with Crippen LogP contribution in [0.5, 0.6) is 0 Å². The summed E-state index contributed by atoms with van der Waals surface area (Å²) >= 11 is 6.11. The standard InChI is InChI=1S/C16H21ClN4O3Si/c1-23-16(22)15(19-18)13-8-12(17)7-11-9-21(20-14(11)13)10-24-5-6-25(2,3)4/h7-9H,5-6,10H2,1-4H3. The first-order chi connectivity index (χ1) is 11.7. The van der Waals surface area contributed by atoms with E-state index in [0.29, 0.717) is 34.8 Å². The van der Waals surface area contributed by atoms with Crippen molar-refractivity contribution in [2.24, 2.45) is 0 Å². The molecule has 1 heterocycles. The average molecular weight is 381 g/mol. The number of hydrogen-bond donors (Lipinski definition) is 0. The zero-order chi connectivity index (χ0) is 18.6. The maximum atomic E-state index is 11.8. The maximum Gasteiger partial charge on any atom is 0.422 e. The summed E-state index contributed by atoms with van der Waals surface area (Å²) < 4.78 is 11.9. The van der Waals surface area contributed by atoms with E-state index >= 15 is 0 Å². The molecule has 0 aliphatic rings. The molecule has 0 saturated heterocycles. The smallest absolute Gasteiger partial charge is 0.422 e. The number of carbonyl (C=O) groups excluding carboxylic acids is 1. The lowest BCUT2D eigenvalue weighted by molar-refractivity contribution is -0.137. The van der Waals surface area contributed by atoms with Crippen LogP contribution in [-0.4, -0.2) is 48.0 Å². The van der Waals surface area contributed by atoms with Gasteiger partial charge >= 0.3 is 11.7 Å². The molecule has 0 atom stereocenters. The molecule has 0 radical (unpaired) electrons. The highest BCUT2D eigenvalue weighted by molar-refractivity contribution is 6.76. The molecule has 0 saturated carbocycles. The molecule has 7 nitrogen and oxygen atoms in total. The molecule has 0 aliphatic carbocycles. The molecule has 0 aliphatic heterocycles. The first kappa shape index (κ1) is 19.3. The lowest BCUT2D eigenvalue weighted by Crippen LogP contribution is -2.22. The molecule has 134 valence electrons. The number of rotatable bonds is 7. The van der Waals surface area contributed by atoms with Crippen LogP contribution in [0.15, 0.2) is 18.3 Å². The minimum Gasteiger partial charge on any atom is -0.460 e. The van der Waals surface area contributed by atoms with Gasteiger partial charge in [0.05, 0.1) is 7.11 Å². The van der Waals surface area contributed by atoms with Crippen LogP contribution in [0.2, 0.25) is 30.7 Å². The summed E-state index contributed by atoms with van der Waals surface area (Å²) in [6.07, 6.45) is 1.77. The second-order valence-corrected chi connectivity index (χ2v) is 12.9. The molecule has 9 heteroatoms. The Balaban J connectivity index is 2.28. The predicted molar refractivity (Wildman–Crippen MR) is 98.6 cm³/mol. The fourth-order valence-corrected chi connectivity index (χ4v) is 3.22. The monoisotopic (exact) mass is 380 g/mol. The van der Waals surface area contributed by atoms with Gasteiger partial charge < -0.3 is 15.0 Å². The van der Waals surface area contributed by atoms with Crippen LogP contribution in [0.25, 0.3) is 16.4 Å². The van der Waals surface area contributed by atoms with E-state index in [0.717, 1.165) is 6.04 Å². The summed E-state index contributed by atoms with van der Waals surface area (Å²) in [6.45, 7) is 7.82. The number of ether oxygens (including phenoxy) is 2. The van der Waals surface area contributed by atoms with E-state index in [1.165, 1.54) is 13.2 Å². The first-order valence-electron chi connectivity index (χ1n) is 7.80. The maximum absolute atomic E-state index is 11.8. The second kappa shape index (κ2) is 7.92. The van der Waals surface area contributed by atoms with Gasteiger partial charge in [-0.15, -0.1) is 0 Å². The second-order valence-electron chi connectivity index (χ2n) is 6.85. The third kappa shape index (κ3) is 4.99. The lowest BCUT2D eigenvalue weighted by atomic mass is 10.1. The van der Waals surface area contributed by atoms with Crippen molar-refractivity contribution in [1.82, 2.24) is 9.78 Å².